The minimum Gasteiger partial charge on any atom is -0.348 e. The Kier molecular flexibility index (Phi) is 2.87. The number of nitrogens with zero attached hydrogens (tertiary/aromatic N) is 2. The van der Waals surface area contributed by atoms with E-state index >= 15 is 0 Å². The highest BCUT2D eigenvalue weighted by Gasteiger charge is 2.28. The summed E-state index contributed by atoms with van der Waals surface area (Å²) in [7, 11) is 0. The first-order valence-corrected chi connectivity index (χ1v) is 5.72. The Morgan fingerprint density at radius 3 is 2.79 bits per heavy atom. The van der Waals surface area contributed by atoms with Gasteiger partial charge in [0.1, 0.15) is 0 Å². The molecule has 1 fully saturated rings. The molecule has 0 bridgehead atoms. The van der Waals surface area contributed by atoms with Gasteiger partial charge in [-0.05, 0) is 42.5 Å². The van der Waals surface area contributed by atoms with Gasteiger partial charge in [0.15, 0.2) is 0 Å². The zero-order valence-corrected chi connectivity index (χ0v) is 10.2. The predicted molar refractivity (Wildman–Crippen MR) is 64.3 cm³/mol. The van der Waals surface area contributed by atoms with E-state index < -0.39 is 0 Å². The average molecular weight is 304 g/mol. The first-order chi connectivity index (χ1) is 6.68. The van der Waals surface area contributed by atoms with Crippen LogP contribution in [0.25, 0.3) is 0 Å². The van der Waals surface area contributed by atoms with Crippen LogP contribution in [0.3, 0.4) is 0 Å². The molecule has 5 heteroatoms. The van der Waals surface area contributed by atoms with Gasteiger partial charge < -0.3 is 10.6 Å². The lowest BCUT2D eigenvalue weighted by Gasteiger charge is -2.24. The van der Waals surface area contributed by atoms with E-state index in [0.29, 0.717) is 0 Å². The maximum absolute atomic E-state index is 4.23. The standard InChI is InChI=1S/C9H13IN4/c1-9(2-3-11-6-9)14-8-12-4-7(10)5-13-8/h4-5,11H,2-3,6H2,1H3,(H,12,13,14). The fraction of sp³-hybridized carbons (Fsp3) is 0.556. The minimum atomic E-state index is 0.104. The van der Waals surface area contributed by atoms with Crippen molar-refractivity contribution in [3.8, 4) is 0 Å². The van der Waals surface area contributed by atoms with Gasteiger partial charge in [-0.25, -0.2) is 9.97 Å². The second-order valence-corrected chi connectivity index (χ2v) is 5.08. The fourth-order valence-electron chi connectivity index (χ4n) is 1.57. The van der Waals surface area contributed by atoms with Crippen LogP contribution in [0, 0.1) is 3.57 Å². The lowest BCUT2D eigenvalue weighted by molar-refractivity contribution is 0.561. The zero-order valence-electron chi connectivity index (χ0n) is 8.05. The van der Waals surface area contributed by atoms with Crippen LogP contribution in [-0.2, 0) is 0 Å². The molecule has 1 aromatic heterocycles. The van der Waals surface area contributed by atoms with E-state index in [-0.39, 0.29) is 5.54 Å². The smallest absolute Gasteiger partial charge is 0.223 e. The molecule has 76 valence electrons. The van der Waals surface area contributed by atoms with Crippen molar-refractivity contribution in [3.05, 3.63) is 16.0 Å². The Hall–Kier alpha value is -0.430. The number of rotatable bonds is 2. The van der Waals surface area contributed by atoms with Crippen LogP contribution < -0.4 is 10.6 Å². The molecule has 0 aromatic carbocycles. The summed E-state index contributed by atoms with van der Waals surface area (Å²) in [6.07, 6.45) is 4.76. The first-order valence-electron chi connectivity index (χ1n) is 4.64. The molecule has 2 heterocycles. The molecule has 0 radical (unpaired) electrons. The molecule has 4 nitrogen and oxygen atoms in total. The average Bonchev–Trinajstić information content (AvgIpc) is 2.57. The molecule has 1 aliphatic heterocycles. The Morgan fingerprint density at radius 1 is 1.50 bits per heavy atom. The lowest BCUT2D eigenvalue weighted by Crippen LogP contribution is -2.37. The lowest BCUT2D eigenvalue weighted by atomic mass is 10.0. The molecule has 1 aromatic rings. The van der Waals surface area contributed by atoms with Crippen LogP contribution in [0.15, 0.2) is 12.4 Å². The van der Waals surface area contributed by atoms with Gasteiger partial charge in [0.25, 0.3) is 0 Å². The maximum Gasteiger partial charge on any atom is 0.223 e. The first kappa shape index (κ1) is 10.1. The Morgan fingerprint density at radius 2 is 2.21 bits per heavy atom. The number of nitrogens with one attached hydrogen (secondary N) is 2. The quantitative estimate of drug-likeness (QED) is 0.807. The summed E-state index contributed by atoms with van der Waals surface area (Å²) < 4.78 is 1.06. The summed E-state index contributed by atoms with van der Waals surface area (Å²) in [6.45, 7) is 4.23. The van der Waals surface area contributed by atoms with Crippen LogP contribution in [0.2, 0.25) is 0 Å². The SMILES string of the molecule is CC1(Nc2ncc(I)cn2)CCNC1. The molecule has 1 atom stereocenters. The van der Waals surface area contributed by atoms with Crippen molar-refractivity contribution in [2.45, 2.75) is 18.9 Å². The molecule has 0 saturated carbocycles. The second-order valence-electron chi connectivity index (χ2n) is 3.84. The van der Waals surface area contributed by atoms with Crippen LogP contribution in [0.1, 0.15) is 13.3 Å². The maximum atomic E-state index is 4.23. The topological polar surface area (TPSA) is 49.8 Å². The third-order valence-electron chi connectivity index (χ3n) is 2.40. The van der Waals surface area contributed by atoms with Crippen molar-refractivity contribution in [3.63, 3.8) is 0 Å². The summed E-state index contributed by atoms with van der Waals surface area (Å²) in [4.78, 5) is 8.46. The van der Waals surface area contributed by atoms with Gasteiger partial charge in [-0.3, -0.25) is 0 Å². The van der Waals surface area contributed by atoms with Crippen molar-refractivity contribution >= 4 is 28.5 Å². The molecule has 1 aliphatic rings. The zero-order chi connectivity index (χ0) is 10.0. The van der Waals surface area contributed by atoms with E-state index in [0.717, 1.165) is 29.0 Å². The summed E-state index contributed by atoms with van der Waals surface area (Å²) in [5, 5.41) is 6.68. The highest BCUT2D eigenvalue weighted by atomic mass is 127. The summed E-state index contributed by atoms with van der Waals surface area (Å²) >= 11 is 2.20. The van der Waals surface area contributed by atoms with Crippen LogP contribution >= 0.6 is 22.6 Å². The van der Waals surface area contributed by atoms with E-state index in [9.17, 15) is 0 Å². The summed E-state index contributed by atoms with van der Waals surface area (Å²) in [5.74, 6) is 0.719. The van der Waals surface area contributed by atoms with E-state index in [2.05, 4.69) is 50.1 Å². The third kappa shape index (κ3) is 2.33. The van der Waals surface area contributed by atoms with Gasteiger partial charge in [-0.1, -0.05) is 0 Å². The van der Waals surface area contributed by atoms with Crippen molar-refractivity contribution < 1.29 is 0 Å². The molecule has 1 unspecified atom stereocenters. The van der Waals surface area contributed by atoms with Gasteiger partial charge in [-0.15, -0.1) is 0 Å². The third-order valence-corrected chi connectivity index (χ3v) is 2.96. The highest BCUT2D eigenvalue weighted by molar-refractivity contribution is 14.1. The number of halogens is 1. The van der Waals surface area contributed by atoms with Gasteiger partial charge in [0.2, 0.25) is 5.95 Å². The molecule has 0 amide bonds. The minimum absolute atomic E-state index is 0.104. The number of hydrogen-bond acceptors (Lipinski definition) is 4. The number of hydrogen-bond donors (Lipinski definition) is 2. The molecular weight excluding hydrogens is 291 g/mol. The number of aromatic nitrogens is 2. The van der Waals surface area contributed by atoms with Gasteiger partial charge in [0, 0.05) is 22.5 Å². The van der Waals surface area contributed by atoms with Crippen LogP contribution in [0.5, 0.6) is 0 Å². The van der Waals surface area contributed by atoms with Crippen LogP contribution in [-0.4, -0.2) is 28.6 Å². The summed E-state index contributed by atoms with van der Waals surface area (Å²) in [5.41, 5.74) is 0.104. The highest BCUT2D eigenvalue weighted by Crippen LogP contribution is 2.18. The predicted octanol–water partition coefficient (Wildman–Crippen LogP) is 1.25. The van der Waals surface area contributed by atoms with Crippen LogP contribution in [0.4, 0.5) is 5.95 Å². The molecule has 14 heavy (non-hydrogen) atoms. The van der Waals surface area contributed by atoms with E-state index in [1.165, 1.54) is 0 Å². The van der Waals surface area contributed by atoms with Gasteiger partial charge in [0.05, 0.1) is 5.54 Å². The Labute approximate surface area is 97.1 Å². The van der Waals surface area contributed by atoms with Gasteiger partial charge in [-0.2, -0.15) is 0 Å². The Bertz CT molecular complexity index is 305. The normalized spacial score (nSPS) is 26.4. The van der Waals surface area contributed by atoms with Crippen molar-refractivity contribution in [1.29, 1.82) is 0 Å². The summed E-state index contributed by atoms with van der Waals surface area (Å²) in [6, 6.07) is 0. The Balaban J connectivity index is 2.06. The monoisotopic (exact) mass is 304 g/mol. The molecule has 1 saturated heterocycles. The molecular formula is C9H13IN4. The van der Waals surface area contributed by atoms with Crippen molar-refractivity contribution in [1.82, 2.24) is 15.3 Å². The fourth-order valence-corrected chi connectivity index (χ4v) is 1.85. The molecule has 2 rings (SSSR count). The largest absolute Gasteiger partial charge is 0.348 e. The molecule has 2 N–H and O–H groups in total. The van der Waals surface area contributed by atoms with E-state index in [4.69, 9.17) is 0 Å². The molecule has 0 spiro atoms. The van der Waals surface area contributed by atoms with Crippen molar-refractivity contribution in [2.75, 3.05) is 18.4 Å². The van der Waals surface area contributed by atoms with Gasteiger partial charge >= 0.3 is 0 Å². The number of anilines is 1. The second kappa shape index (κ2) is 3.98. The van der Waals surface area contributed by atoms with E-state index in [1.807, 2.05) is 12.4 Å². The molecule has 0 aliphatic carbocycles. The van der Waals surface area contributed by atoms with E-state index in [1.54, 1.807) is 0 Å². The van der Waals surface area contributed by atoms with Crippen molar-refractivity contribution in [2.24, 2.45) is 0 Å².